The highest BCUT2D eigenvalue weighted by molar-refractivity contribution is 7.99. The van der Waals surface area contributed by atoms with Gasteiger partial charge in [-0.05, 0) is 36.3 Å². The van der Waals surface area contributed by atoms with Crippen molar-refractivity contribution >= 4 is 35.2 Å². The first-order valence-electron chi connectivity index (χ1n) is 6.91. The van der Waals surface area contributed by atoms with Gasteiger partial charge in [0.2, 0.25) is 5.91 Å². The predicted molar refractivity (Wildman–Crippen MR) is 86.8 cm³/mol. The maximum Gasteiger partial charge on any atom is 0.330 e. The molecule has 22 heavy (non-hydrogen) atoms. The second-order valence-corrected chi connectivity index (χ2v) is 6.72. The smallest absolute Gasteiger partial charge is 0.330 e. The number of aliphatic carboxylic acids is 1. The molecule has 0 aliphatic carbocycles. The molecule has 0 bridgehead atoms. The summed E-state index contributed by atoms with van der Waals surface area (Å²) < 4.78 is 5.08. The number of nitrogens with one attached hydrogen (secondary N) is 1. The highest BCUT2D eigenvalue weighted by atomic mass is 35.5. The molecule has 1 aromatic carbocycles. The van der Waals surface area contributed by atoms with E-state index < -0.39 is 11.5 Å². The fourth-order valence-electron chi connectivity index (χ4n) is 2.34. The Hall–Kier alpha value is -1.40. The molecule has 0 radical (unpaired) electrons. The van der Waals surface area contributed by atoms with Crippen molar-refractivity contribution in [3.63, 3.8) is 0 Å². The number of ether oxygens (including phenoxy) is 1. The largest absolute Gasteiger partial charge is 0.495 e. The van der Waals surface area contributed by atoms with Gasteiger partial charge < -0.3 is 15.2 Å². The first kappa shape index (κ1) is 17.0. The number of hydrogen-bond acceptors (Lipinski definition) is 4. The number of thioether (sulfide) groups is 1. The quantitative estimate of drug-likeness (QED) is 0.829. The van der Waals surface area contributed by atoms with Crippen molar-refractivity contribution < 1.29 is 19.4 Å². The van der Waals surface area contributed by atoms with Crippen molar-refractivity contribution in [2.45, 2.75) is 24.8 Å². The predicted octanol–water partition coefficient (Wildman–Crippen LogP) is 2.36. The molecule has 0 saturated carbocycles. The van der Waals surface area contributed by atoms with E-state index in [1.165, 1.54) is 0 Å². The molecule has 0 spiro atoms. The lowest BCUT2D eigenvalue weighted by molar-refractivity contribution is -0.146. The van der Waals surface area contributed by atoms with Crippen molar-refractivity contribution in [3.05, 3.63) is 28.8 Å². The fraction of sp³-hybridized carbons (Fsp3) is 0.467. The van der Waals surface area contributed by atoms with Crippen molar-refractivity contribution in [1.82, 2.24) is 5.32 Å². The minimum atomic E-state index is -1.11. The van der Waals surface area contributed by atoms with Gasteiger partial charge in [0.25, 0.3) is 0 Å². The molecule has 2 N–H and O–H groups in total. The van der Waals surface area contributed by atoms with Crippen LogP contribution in [0.15, 0.2) is 18.2 Å². The average Bonchev–Trinajstić information content (AvgIpc) is 2.95. The Balaban J connectivity index is 1.92. The number of hydrogen-bond donors (Lipinski definition) is 2. The zero-order chi connectivity index (χ0) is 16.2. The maximum absolute atomic E-state index is 12.0. The molecule has 1 fully saturated rings. The third-order valence-electron chi connectivity index (χ3n) is 3.67. The van der Waals surface area contributed by atoms with E-state index >= 15 is 0 Å². The number of rotatable bonds is 6. The van der Waals surface area contributed by atoms with Crippen LogP contribution < -0.4 is 10.1 Å². The van der Waals surface area contributed by atoms with E-state index in [1.54, 1.807) is 31.0 Å². The van der Waals surface area contributed by atoms with Crippen LogP contribution in [-0.4, -0.2) is 41.1 Å². The van der Waals surface area contributed by atoms with E-state index in [4.69, 9.17) is 16.3 Å². The van der Waals surface area contributed by atoms with Crippen molar-refractivity contribution in [2.75, 3.05) is 18.6 Å². The molecule has 0 aromatic heterocycles. The highest BCUT2D eigenvalue weighted by Crippen LogP contribution is 2.29. The number of aryl methyl sites for hydroxylation is 1. The lowest BCUT2D eigenvalue weighted by Gasteiger charge is -2.24. The minimum Gasteiger partial charge on any atom is -0.495 e. The van der Waals surface area contributed by atoms with Gasteiger partial charge in [0.15, 0.2) is 0 Å². The van der Waals surface area contributed by atoms with Gasteiger partial charge in [0, 0.05) is 12.2 Å². The Morgan fingerprint density at radius 1 is 1.50 bits per heavy atom. The Kier molecular flexibility index (Phi) is 5.58. The molecular weight excluding hydrogens is 326 g/mol. The molecule has 1 aromatic rings. The van der Waals surface area contributed by atoms with E-state index in [-0.39, 0.29) is 12.3 Å². The highest BCUT2D eigenvalue weighted by Gasteiger charge is 2.43. The zero-order valence-corrected chi connectivity index (χ0v) is 13.8. The molecule has 2 rings (SSSR count). The van der Waals surface area contributed by atoms with Crippen LogP contribution in [0.1, 0.15) is 18.4 Å². The lowest BCUT2D eigenvalue weighted by atomic mass is 9.98. The van der Waals surface area contributed by atoms with Gasteiger partial charge in [-0.15, -0.1) is 0 Å². The second kappa shape index (κ2) is 7.24. The third kappa shape index (κ3) is 3.87. The normalized spacial score (nSPS) is 20.6. The first-order valence-corrected chi connectivity index (χ1v) is 8.45. The number of halogens is 1. The topological polar surface area (TPSA) is 75.6 Å². The van der Waals surface area contributed by atoms with Gasteiger partial charge in [-0.25, -0.2) is 4.79 Å². The average molecular weight is 344 g/mol. The molecule has 120 valence electrons. The summed E-state index contributed by atoms with van der Waals surface area (Å²) in [6.45, 7) is 0. The summed E-state index contributed by atoms with van der Waals surface area (Å²) in [5.41, 5.74) is -0.203. The minimum absolute atomic E-state index is 0.225. The van der Waals surface area contributed by atoms with Crippen LogP contribution in [0.25, 0.3) is 0 Å². The molecule has 1 unspecified atom stereocenters. The lowest BCUT2D eigenvalue weighted by Crippen LogP contribution is -2.54. The summed E-state index contributed by atoms with van der Waals surface area (Å²) in [6.07, 6.45) is 1.19. The Morgan fingerprint density at radius 3 is 2.82 bits per heavy atom. The van der Waals surface area contributed by atoms with Gasteiger partial charge in [-0.2, -0.15) is 11.8 Å². The molecule has 5 nitrogen and oxygen atoms in total. The van der Waals surface area contributed by atoms with Crippen LogP contribution >= 0.6 is 23.4 Å². The third-order valence-corrected chi connectivity index (χ3v) is 5.15. The number of carbonyl (C=O) groups is 2. The van der Waals surface area contributed by atoms with E-state index in [2.05, 4.69) is 5.32 Å². The molecule has 7 heteroatoms. The fourth-order valence-corrected chi connectivity index (χ4v) is 3.94. The molecule has 1 saturated heterocycles. The summed E-state index contributed by atoms with van der Waals surface area (Å²) in [7, 11) is 1.54. The number of carbonyl (C=O) groups excluding carboxylic acids is 1. The van der Waals surface area contributed by atoms with Crippen LogP contribution in [0.3, 0.4) is 0 Å². The van der Waals surface area contributed by atoms with Crippen LogP contribution in [0.4, 0.5) is 0 Å². The molecular formula is C15H18ClNO4S. The first-order chi connectivity index (χ1) is 10.5. The van der Waals surface area contributed by atoms with Gasteiger partial charge in [-0.3, -0.25) is 4.79 Å². The zero-order valence-electron chi connectivity index (χ0n) is 12.2. The Morgan fingerprint density at radius 2 is 2.27 bits per heavy atom. The molecule has 1 amide bonds. The summed E-state index contributed by atoms with van der Waals surface area (Å²) in [5.74, 6) is 0.543. The summed E-state index contributed by atoms with van der Waals surface area (Å²) >= 11 is 7.58. The number of carboxylic acid groups (broad SMARTS) is 1. The second-order valence-electron chi connectivity index (χ2n) is 5.21. The summed E-state index contributed by atoms with van der Waals surface area (Å²) in [4.78, 5) is 23.4. The van der Waals surface area contributed by atoms with E-state index in [1.807, 2.05) is 6.07 Å². The Labute approximate surface area is 138 Å². The van der Waals surface area contributed by atoms with Crippen LogP contribution in [0, 0.1) is 0 Å². The van der Waals surface area contributed by atoms with Crippen molar-refractivity contribution in [2.24, 2.45) is 0 Å². The molecule has 1 atom stereocenters. The van der Waals surface area contributed by atoms with E-state index in [0.29, 0.717) is 29.4 Å². The van der Waals surface area contributed by atoms with Gasteiger partial charge in [0.05, 0.1) is 12.1 Å². The molecule has 1 aliphatic heterocycles. The van der Waals surface area contributed by atoms with E-state index in [0.717, 1.165) is 11.3 Å². The molecule has 1 heterocycles. The summed E-state index contributed by atoms with van der Waals surface area (Å²) in [6, 6.07) is 5.35. The SMILES string of the molecule is COc1ccc(CCC(=O)NC2(C(=O)O)CCSC2)cc1Cl. The van der Waals surface area contributed by atoms with Crippen molar-refractivity contribution in [3.8, 4) is 5.75 Å². The number of carboxylic acids is 1. The standard InChI is InChI=1S/C15H18ClNO4S/c1-21-12-4-2-10(8-11(12)16)3-5-13(18)17-15(14(19)20)6-7-22-9-15/h2,4,8H,3,5-7,9H2,1H3,(H,17,18)(H,19,20). The number of amides is 1. The van der Waals surface area contributed by atoms with Gasteiger partial charge in [-0.1, -0.05) is 17.7 Å². The maximum atomic E-state index is 12.0. The van der Waals surface area contributed by atoms with Gasteiger partial charge in [0.1, 0.15) is 11.3 Å². The van der Waals surface area contributed by atoms with E-state index in [9.17, 15) is 14.7 Å². The molecule has 1 aliphatic rings. The van der Waals surface area contributed by atoms with Crippen LogP contribution in [0.2, 0.25) is 5.02 Å². The summed E-state index contributed by atoms with van der Waals surface area (Å²) in [5, 5.41) is 12.5. The van der Waals surface area contributed by atoms with Crippen LogP contribution in [0.5, 0.6) is 5.75 Å². The number of benzene rings is 1. The van der Waals surface area contributed by atoms with Crippen LogP contribution in [-0.2, 0) is 16.0 Å². The monoisotopic (exact) mass is 343 g/mol. The van der Waals surface area contributed by atoms with Gasteiger partial charge >= 0.3 is 5.97 Å². The Bertz CT molecular complexity index is 573. The van der Waals surface area contributed by atoms with Crippen molar-refractivity contribution in [1.29, 1.82) is 0 Å². The number of methoxy groups -OCH3 is 1.